The number of anilines is 2. The highest BCUT2D eigenvalue weighted by atomic mass is 35.5. The third kappa shape index (κ3) is 4.57. The van der Waals surface area contributed by atoms with Crippen molar-refractivity contribution in [3.63, 3.8) is 0 Å². The highest BCUT2D eigenvalue weighted by molar-refractivity contribution is 6.30. The Balaban J connectivity index is 1.46. The van der Waals surface area contributed by atoms with E-state index in [0.29, 0.717) is 35.5 Å². The van der Waals surface area contributed by atoms with Gasteiger partial charge in [-0.15, -0.1) is 0 Å². The van der Waals surface area contributed by atoms with Crippen molar-refractivity contribution in [3.8, 4) is 0 Å². The number of benzene rings is 2. The topological polar surface area (TPSA) is 87.1 Å². The first-order valence-electron chi connectivity index (χ1n) is 9.40. The van der Waals surface area contributed by atoms with Crippen LogP contribution in [-0.4, -0.2) is 19.6 Å². The molecular formula is C21H21ClN6O. The average molecular weight is 409 g/mol. The third-order valence-corrected chi connectivity index (χ3v) is 4.84. The van der Waals surface area contributed by atoms with Crippen molar-refractivity contribution in [2.75, 3.05) is 10.6 Å². The number of aromatic nitrogens is 4. The molecule has 2 aromatic carbocycles. The molecule has 148 valence electrons. The average Bonchev–Trinajstić information content (AvgIpc) is 3.16. The molecule has 4 aromatic rings. The van der Waals surface area contributed by atoms with Crippen LogP contribution in [0.25, 0.3) is 5.78 Å². The molecule has 0 aliphatic heterocycles. The molecule has 0 bridgehead atoms. The molecule has 8 heteroatoms. The zero-order chi connectivity index (χ0) is 20.2. The predicted molar refractivity (Wildman–Crippen MR) is 116 cm³/mol. The summed E-state index contributed by atoms with van der Waals surface area (Å²) in [6, 6.07) is 17.2. The van der Waals surface area contributed by atoms with Crippen LogP contribution in [-0.2, 0) is 19.5 Å². The quantitative estimate of drug-likeness (QED) is 0.432. The molecule has 3 N–H and O–H groups in total. The van der Waals surface area contributed by atoms with Gasteiger partial charge < -0.3 is 10.6 Å². The number of hydrogen-bond acceptors (Lipinski definition) is 5. The molecule has 0 aliphatic rings. The van der Waals surface area contributed by atoms with Gasteiger partial charge in [-0.2, -0.15) is 9.50 Å². The Morgan fingerprint density at radius 2 is 1.69 bits per heavy atom. The molecule has 0 aliphatic carbocycles. The number of rotatable bonds is 7. The SMILES string of the molecule is CCc1ccc(CNc2nc3nc(CNc4ccc(Cl)cc4)cc(=O)n3[nH]2)cc1. The maximum absolute atomic E-state index is 12.4. The van der Waals surface area contributed by atoms with Crippen molar-refractivity contribution in [1.29, 1.82) is 0 Å². The lowest BCUT2D eigenvalue weighted by molar-refractivity contribution is 0.874. The maximum Gasteiger partial charge on any atom is 0.274 e. The van der Waals surface area contributed by atoms with Crippen molar-refractivity contribution < 1.29 is 0 Å². The summed E-state index contributed by atoms with van der Waals surface area (Å²) in [4.78, 5) is 21.2. The fourth-order valence-electron chi connectivity index (χ4n) is 2.94. The number of aromatic amines is 1. The highest BCUT2D eigenvalue weighted by Gasteiger charge is 2.08. The first-order chi connectivity index (χ1) is 14.1. The fourth-order valence-corrected chi connectivity index (χ4v) is 3.06. The minimum Gasteiger partial charge on any atom is -0.379 e. The van der Waals surface area contributed by atoms with Crippen LogP contribution in [0.2, 0.25) is 5.02 Å². The van der Waals surface area contributed by atoms with Crippen molar-refractivity contribution in [3.05, 3.63) is 86.8 Å². The summed E-state index contributed by atoms with van der Waals surface area (Å²) in [5.41, 5.74) is 3.73. The molecule has 0 amide bonds. The van der Waals surface area contributed by atoms with Gasteiger partial charge in [-0.25, -0.2) is 4.98 Å². The Morgan fingerprint density at radius 1 is 0.966 bits per heavy atom. The van der Waals surface area contributed by atoms with E-state index >= 15 is 0 Å². The zero-order valence-corrected chi connectivity index (χ0v) is 16.7. The second-order valence-electron chi connectivity index (χ2n) is 6.68. The fraction of sp³-hybridized carbons (Fsp3) is 0.190. The van der Waals surface area contributed by atoms with Crippen molar-refractivity contribution in [2.45, 2.75) is 26.4 Å². The van der Waals surface area contributed by atoms with Gasteiger partial charge in [0.2, 0.25) is 5.95 Å². The van der Waals surface area contributed by atoms with Gasteiger partial charge in [0, 0.05) is 23.3 Å². The van der Waals surface area contributed by atoms with E-state index in [9.17, 15) is 4.79 Å². The second kappa shape index (κ2) is 8.36. The van der Waals surface area contributed by atoms with Crippen LogP contribution in [0.5, 0.6) is 0 Å². The van der Waals surface area contributed by atoms with Crippen LogP contribution < -0.4 is 16.2 Å². The summed E-state index contributed by atoms with van der Waals surface area (Å²) in [5.74, 6) is 0.825. The molecule has 2 aromatic heterocycles. The predicted octanol–water partition coefficient (Wildman–Crippen LogP) is 3.86. The minimum absolute atomic E-state index is 0.212. The highest BCUT2D eigenvalue weighted by Crippen LogP contribution is 2.14. The molecule has 4 rings (SSSR count). The Morgan fingerprint density at radius 3 is 2.41 bits per heavy atom. The summed E-state index contributed by atoms with van der Waals surface area (Å²) in [7, 11) is 0. The van der Waals surface area contributed by atoms with Gasteiger partial charge in [0.05, 0.1) is 12.2 Å². The molecule has 0 spiro atoms. The van der Waals surface area contributed by atoms with Crippen LogP contribution in [0.3, 0.4) is 0 Å². The number of hydrogen-bond donors (Lipinski definition) is 3. The molecular weight excluding hydrogens is 388 g/mol. The number of halogens is 1. The van der Waals surface area contributed by atoms with Gasteiger partial charge in [-0.1, -0.05) is 42.8 Å². The van der Waals surface area contributed by atoms with Gasteiger partial charge >= 0.3 is 0 Å². The van der Waals surface area contributed by atoms with Crippen LogP contribution >= 0.6 is 11.6 Å². The van der Waals surface area contributed by atoms with Crippen LogP contribution in [0.4, 0.5) is 11.6 Å². The van der Waals surface area contributed by atoms with E-state index in [4.69, 9.17) is 11.6 Å². The van der Waals surface area contributed by atoms with E-state index in [-0.39, 0.29) is 5.56 Å². The zero-order valence-electron chi connectivity index (χ0n) is 15.9. The second-order valence-corrected chi connectivity index (χ2v) is 7.11. The normalized spacial score (nSPS) is 11.0. The summed E-state index contributed by atoms with van der Waals surface area (Å²) >= 11 is 5.89. The Kier molecular flexibility index (Phi) is 5.48. The van der Waals surface area contributed by atoms with Crippen molar-refractivity contribution in [2.24, 2.45) is 0 Å². The lowest BCUT2D eigenvalue weighted by Gasteiger charge is -2.05. The number of nitrogens with one attached hydrogen (secondary N) is 3. The number of fused-ring (bicyclic) bond motifs is 1. The Hall–Kier alpha value is -3.32. The molecule has 0 atom stereocenters. The maximum atomic E-state index is 12.4. The first-order valence-corrected chi connectivity index (χ1v) is 9.78. The Bertz CT molecular complexity index is 1160. The van der Waals surface area contributed by atoms with Crippen molar-refractivity contribution >= 4 is 29.0 Å². The van der Waals surface area contributed by atoms with Gasteiger partial charge in [-0.05, 0) is 41.8 Å². The lowest BCUT2D eigenvalue weighted by Crippen LogP contribution is -2.17. The van der Waals surface area contributed by atoms with Gasteiger partial charge in [-0.3, -0.25) is 9.89 Å². The summed E-state index contributed by atoms with van der Waals surface area (Å²) in [6.45, 7) is 3.14. The van der Waals surface area contributed by atoms with Gasteiger partial charge in [0.1, 0.15) is 0 Å². The van der Waals surface area contributed by atoms with Crippen LogP contribution in [0, 0.1) is 0 Å². The van der Waals surface area contributed by atoms with Crippen molar-refractivity contribution in [1.82, 2.24) is 19.6 Å². The molecule has 0 fully saturated rings. The largest absolute Gasteiger partial charge is 0.379 e. The van der Waals surface area contributed by atoms with Gasteiger partial charge in [0.25, 0.3) is 11.3 Å². The summed E-state index contributed by atoms with van der Waals surface area (Å²) in [5, 5.41) is 10.0. The molecule has 0 saturated heterocycles. The van der Waals surface area contributed by atoms with E-state index in [1.807, 2.05) is 12.1 Å². The molecule has 29 heavy (non-hydrogen) atoms. The van der Waals surface area contributed by atoms with Crippen LogP contribution in [0.1, 0.15) is 23.7 Å². The van der Waals surface area contributed by atoms with E-state index in [1.165, 1.54) is 16.1 Å². The molecule has 2 heterocycles. The van der Waals surface area contributed by atoms with Gasteiger partial charge in [0.15, 0.2) is 0 Å². The van der Waals surface area contributed by atoms with E-state index in [2.05, 4.69) is 56.9 Å². The molecule has 0 unspecified atom stereocenters. The molecule has 0 saturated carbocycles. The standard InChI is InChI=1S/C21H21ClN6O/c1-2-14-3-5-15(6-4-14)12-24-20-26-21-25-18(11-19(29)28(21)27-20)13-23-17-9-7-16(22)8-10-17/h3-11,23H,2,12-13H2,1H3,(H2,24,25,26,27). The number of H-pyrrole nitrogens is 1. The monoisotopic (exact) mass is 408 g/mol. The summed E-state index contributed by atoms with van der Waals surface area (Å²) < 4.78 is 1.33. The Labute approximate surface area is 172 Å². The number of aryl methyl sites for hydroxylation is 1. The lowest BCUT2D eigenvalue weighted by atomic mass is 10.1. The molecule has 7 nitrogen and oxygen atoms in total. The first kappa shape index (κ1) is 19.0. The van der Waals surface area contributed by atoms with Crippen LogP contribution in [0.15, 0.2) is 59.4 Å². The van der Waals surface area contributed by atoms with E-state index in [0.717, 1.165) is 17.7 Å². The smallest absolute Gasteiger partial charge is 0.274 e. The minimum atomic E-state index is -0.212. The third-order valence-electron chi connectivity index (χ3n) is 4.59. The van der Waals surface area contributed by atoms with E-state index in [1.54, 1.807) is 12.1 Å². The number of nitrogens with zero attached hydrogens (tertiary/aromatic N) is 3. The van der Waals surface area contributed by atoms with E-state index < -0.39 is 0 Å². The summed E-state index contributed by atoms with van der Waals surface area (Å²) in [6.07, 6.45) is 1.01. The molecule has 0 radical (unpaired) electrons.